The van der Waals surface area contributed by atoms with Gasteiger partial charge in [-0.1, -0.05) is 22.0 Å². The second-order valence-corrected chi connectivity index (χ2v) is 5.09. The molecule has 0 aliphatic heterocycles. The van der Waals surface area contributed by atoms with Crippen LogP contribution in [-0.4, -0.2) is 15.6 Å². The van der Waals surface area contributed by atoms with Crippen molar-refractivity contribution in [3.8, 4) is 5.69 Å². The third-order valence-corrected chi connectivity index (χ3v) is 3.53. The number of nitrogens with zero attached hydrogens (tertiary/aromatic N) is 2. The van der Waals surface area contributed by atoms with Gasteiger partial charge in [0.05, 0.1) is 23.1 Å². The number of aromatic nitrogens is 2. The molecule has 0 amide bonds. The molecular weight excluding hydrogens is 280 g/mol. The number of fused-ring (bicyclic) bond motifs is 1. The molecule has 1 aliphatic rings. The lowest BCUT2D eigenvalue weighted by Crippen LogP contribution is -2.12. The summed E-state index contributed by atoms with van der Waals surface area (Å²) in [4.78, 5) is 11.7. The number of carbonyl (C=O) groups excluding carboxylic acids is 1. The molecule has 1 aliphatic carbocycles. The van der Waals surface area contributed by atoms with Crippen molar-refractivity contribution in [3.05, 3.63) is 46.2 Å². The molecule has 0 radical (unpaired) electrons. The van der Waals surface area contributed by atoms with Gasteiger partial charge in [0.2, 0.25) is 0 Å². The molecule has 1 aromatic carbocycles. The predicted molar refractivity (Wildman–Crippen MR) is 68.5 cm³/mol. The number of carbonyl (C=O) groups is 1. The Balaban J connectivity index is 2.13. The maximum atomic E-state index is 11.7. The number of hydrogen-bond acceptors (Lipinski definition) is 2. The summed E-state index contributed by atoms with van der Waals surface area (Å²) >= 11 is 3.45. The number of halogens is 1. The molecule has 4 heteroatoms. The normalized spacial score (nSPS) is 14.8. The summed E-state index contributed by atoms with van der Waals surface area (Å²) in [5, 5.41) is 4.33. The predicted octanol–water partition coefficient (Wildman–Crippen LogP) is 3.15. The molecule has 0 saturated heterocycles. The first-order valence-electron chi connectivity index (χ1n) is 5.62. The van der Waals surface area contributed by atoms with Crippen molar-refractivity contribution in [2.75, 3.05) is 0 Å². The highest BCUT2D eigenvalue weighted by Crippen LogP contribution is 2.24. The summed E-state index contributed by atoms with van der Waals surface area (Å²) in [6.07, 6.45) is 4.19. The number of Topliss-reactive ketones (excluding diaryl/α,β-unsaturated/α-hetero) is 1. The summed E-state index contributed by atoms with van der Waals surface area (Å²) in [5.41, 5.74) is 2.82. The van der Waals surface area contributed by atoms with E-state index in [1.807, 2.05) is 28.9 Å². The Morgan fingerprint density at radius 1 is 1.29 bits per heavy atom. The van der Waals surface area contributed by atoms with Gasteiger partial charge in [-0.05, 0) is 31.0 Å². The van der Waals surface area contributed by atoms with E-state index in [0.29, 0.717) is 6.42 Å². The lowest BCUT2D eigenvalue weighted by Gasteiger charge is -2.13. The minimum absolute atomic E-state index is 0.215. The number of ketones is 1. The Morgan fingerprint density at radius 2 is 2.18 bits per heavy atom. The largest absolute Gasteiger partial charge is 0.294 e. The molecule has 86 valence electrons. The van der Waals surface area contributed by atoms with Gasteiger partial charge in [0.1, 0.15) is 0 Å². The van der Waals surface area contributed by atoms with Crippen LogP contribution in [0.15, 0.2) is 34.9 Å². The molecule has 0 saturated carbocycles. The van der Waals surface area contributed by atoms with Crippen molar-refractivity contribution in [2.45, 2.75) is 19.3 Å². The Hall–Kier alpha value is -1.42. The molecule has 0 atom stereocenters. The van der Waals surface area contributed by atoms with Crippen LogP contribution in [0, 0.1) is 0 Å². The average Bonchev–Trinajstić information content (AvgIpc) is 2.74. The van der Waals surface area contributed by atoms with Crippen molar-refractivity contribution in [2.24, 2.45) is 0 Å². The summed E-state index contributed by atoms with van der Waals surface area (Å²) in [5.74, 6) is 0.215. The van der Waals surface area contributed by atoms with Crippen molar-refractivity contribution in [3.63, 3.8) is 0 Å². The van der Waals surface area contributed by atoms with Crippen molar-refractivity contribution >= 4 is 21.7 Å². The third-order valence-electron chi connectivity index (χ3n) is 3.04. The Bertz CT molecular complexity index is 589. The fourth-order valence-corrected chi connectivity index (χ4v) is 2.62. The van der Waals surface area contributed by atoms with Crippen LogP contribution in [0.25, 0.3) is 5.69 Å². The molecule has 0 spiro atoms. The van der Waals surface area contributed by atoms with Gasteiger partial charge in [-0.15, -0.1) is 0 Å². The van der Waals surface area contributed by atoms with Crippen LogP contribution >= 0.6 is 15.9 Å². The first kappa shape index (κ1) is 10.7. The van der Waals surface area contributed by atoms with Gasteiger partial charge in [0.25, 0.3) is 0 Å². The highest BCUT2D eigenvalue weighted by Gasteiger charge is 2.22. The van der Waals surface area contributed by atoms with E-state index in [2.05, 4.69) is 21.0 Å². The monoisotopic (exact) mass is 290 g/mol. The number of benzene rings is 1. The SMILES string of the molecule is O=C1CCCc2c1cnn2-c1cccc(Br)c1. The average molecular weight is 291 g/mol. The minimum Gasteiger partial charge on any atom is -0.294 e. The van der Waals surface area contributed by atoms with Gasteiger partial charge in [0.15, 0.2) is 5.78 Å². The third kappa shape index (κ3) is 1.82. The lowest BCUT2D eigenvalue weighted by atomic mass is 9.97. The number of rotatable bonds is 1. The first-order chi connectivity index (χ1) is 8.25. The van der Waals surface area contributed by atoms with E-state index >= 15 is 0 Å². The second kappa shape index (κ2) is 4.11. The van der Waals surface area contributed by atoms with E-state index in [0.717, 1.165) is 34.3 Å². The van der Waals surface area contributed by atoms with Gasteiger partial charge in [-0.25, -0.2) is 4.68 Å². The van der Waals surface area contributed by atoms with E-state index < -0.39 is 0 Å². The maximum absolute atomic E-state index is 11.7. The van der Waals surface area contributed by atoms with Crippen LogP contribution in [0.3, 0.4) is 0 Å². The van der Waals surface area contributed by atoms with Crippen LogP contribution in [0.5, 0.6) is 0 Å². The molecule has 0 bridgehead atoms. The molecule has 3 nitrogen and oxygen atoms in total. The highest BCUT2D eigenvalue weighted by molar-refractivity contribution is 9.10. The zero-order chi connectivity index (χ0) is 11.8. The van der Waals surface area contributed by atoms with Crippen LogP contribution in [-0.2, 0) is 6.42 Å². The smallest absolute Gasteiger partial charge is 0.166 e. The van der Waals surface area contributed by atoms with Crippen LogP contribution < -0.4 is 0 Å². The van der Waals surface area contributed by atoms with Crippen LogP contribution in [0.4, 0.5) is 0 Å². The second-order valence-electron chi connectivity index (χ2n) is 4.17. The molecule has 0 unspecified atom stereocenters. The lowest BCUT2D eigenvalue weighted by molar-refractivity contribution is 0.0972. The van der Waals surface area contributed by atoms with Crippen molar-refractivity contribution in [1.29, 1.82) is 0 Å². The summed E-state index contributed by atoms with van der Waals surface area (Å²) in [6.45, 7) is 0. The fourth-order valence-electron chi connectivity index (χ4n) is 2.23. The van der Waals surface area contributed by atoms with E-state index in [-0.39, 0.29) is 5.78 Å². The van der Waals surface area contributed by atoms with E-state index in [1.165, 1.54) is 0 Å². The zero-order valence-corrected chi connectivity index (χ0v) is 10.8. The maximum Gasteiger partial charge on any atom is 0.166 e. The topological polar surface area (TPSA) is 34.9 Å². The van der Waals surface area contributed by atoms with Gasteiger partial charge >= 0.3 is 0 Å². The minimum atomic E-state index is 0.215. The van der Waals surface area contributed by atoms with E-state index in [9.17, 15) is 4.79 Å². The molecular formula is C13H11BrN2O. The molecule has 0 fully saturated rings. The highest BCUT2D eigenvalue weighted by atomic mass is 79.9. The molecule has 1 heterocycles. The molecule has 2 aromatic rings. The van der Waals surface area contributed by atoms with Gasteiger partial charge < -0.3 is 0 Å². The van der Waals surface area contributed by atoms with Gasteiger partial charge in [0, 0.05) is 10.9 Å². The van der Waals surface area contributed by atoms with Crippen molar-refractivity contribution in [1.82, 2.24) is 9.78 Å². The van der Waals surface area contributed by atoms with E-state index in [1.54, 1.807) is 6.20 Å². The molecule has 17 heavy (non-hydrogen) atoms. The number of hydrogen-bond donors (Lipinski definition) is 0. The fraction of sp³-hybridized carbons (Fsp3) is 0.231. The zero-order valence-electron chi connectivity index (χ0n) is 9.19. The Morgan fingerprint density at radius 3 is 3.00 bits per heavy atom. The van der Waals surface area contributed by atoms with E-state index in [4.69, 9.17) is 0 Å². The first-order valence-corrected chi connectivity index (χ1v) is 6.41. The molecule has 1 aromatic heterocycles. The van der Waals surface area contributed by atoms with Crippen LogP contribution in [0.2, 0.25) is 0 Å². The van der Waals surface area contributed by atoms with Gasteiger partial charge in [-0.2, -0.15) is 5.10 Å². The quantitative estimate of drug-likeness (QED) is 0.809. The summed E-state index contributed by atoms with van der Waals surface area (Å²) in [6, 6.07) is 7.95. The Labute approximate surface area is 108 Å². The molecule has 3 rings (SSSR count). The molecule has 0 N–H and O–H groups in total. The van der Waals surface area contributed by atoms with Crippen LogP contribution in [0.1, 0.15) is 28.9 Å². The standard InChI is InChI=1S/C13H11BrN2O/c14-9-3-1-4-10(7-9)16-12-5-2-6-13(17)11(12)8-15-16/h1,3-4,7-8H,2,5-6H2. The summed E-state index contributed by atoms with van der Waals surface area (Å²) in [7, 11) is 0. The summed E-state index contributed by atoms with van der Waals surface area (Å²) < 4.78 is 2.89. The van der Waals surface area contributed by atoms with Crippen molar-refractivity contribution < 1.29 is 4.79 Å². The van der Waals surface area contributed by atoms with Gasteiger partial charge in [-0.3, -0.25) is 4.79 Å². The Kier molecular flexibility index (Phi) is 2.59.